The molecule has 2 fully saturated rings. The zero-order valence-electron chi connectivity index (χ0n) is 15.2. The molecule has 2 heterocycles. The molecule has 0 aromatic carbocycles. The van der Waals surface area contributed by atoms with E-state index in [-0.39, 0.29) is 11.8 Å². The number of likely N-dealkylation sites (tertiary alicyclic amines) is 1. The third kappa shape index (κ3) is 5.94. The van der Waals surface area contributed by atoms with Gasteiger partial charge in [0.25, 0.3) is 0 Å². The van der Waals surface area contributed by atoms with Gasteiger partial charge in [-0.2, -0.15) is 0 Å². The SMILES string of the molecule is O=C(CSC1CCCC1)NCC1CCN(C(=O)C=Cc2ccco2)CC1. The van der Waals surface area contributed by atoms with E-state index < -0.39 is 0 Å². The van der Waals surface area contributed by atoms with Crippen LogP contribution in [-0.4, -0.2) is 47.4 Å². The Balaban J connectivity index is 1.30. The van der Waals surface area contributed by atoms with E-state index in [9.17, 15) is 9.59 Å². The second-order valence-electron chi connectivity index (χ2n) is 7.14. The van der Waals surface area contributed by atoms with Crippen LogP contribution in [0.15, 0.2) is 28.9 Å². The van der Waals surface area contributed by atoms with Crippen molar-refractivity contribution in [2.24, 2.45) is 5.92 Å². The van der Waals surface area contributed by atoms with Crippen LogP contribution in [0, 0.1) is 5.92 Å². The summed E-state index contributed by atoms with van der Waals surface area (Å²) in [7, 11) is 0. The fraction of sp³-hybridized carbons (Fsp3) is 0.600. The Kier molecular flexibility index (Phi) is 7.23. The lowest BCUT2D eigenvalue weighted by Gasteiger charge is -2.31. The molecule has 142 valence electrons. The van der Waals surface area contributed by atoms with Crippen molar-refractivity contribution in [3.05, 3.63) is 30.2 Å². The quantitative estimate of drug-likeness (QED) is 0.742. The number of rotatable bonds is 7. The third-order valence-corrected chi connectivity index (χ3v) is 6.57. The molecule has 26 heavy (non-hydrogen) atoms. The summed E-state index contributed by atoms with van der Waals surface area (Å²) in [5.74, 6) is 1.91. The number of thioether (sulfide) groups is 1. The van der Waals surface area contributed by atoms with Crippen molar-refractivity contribution in [1.82, 2.24) is 10.2 Å². The molecule has 1 saturated carbocycles. The molecule has 0 bridgehead atoms. The van der Waals surface area contributed by atoms with Gasteiger partial charge in [0.2, 0.25) is 11.8 Å². The van der Waals surface area contributed by atoms with Crippen molar-refractivity contribution in [2.75, 3.05) is 25.4 Å². The maximum atomic E-state index is 12.2. The third-order valence-electron chi connectivity index (χ3n) is 5.20. The first kappa shape index (κ1) is 19.1. The Morgan fingerprint density at radius 3 is 2.69 bits per heavy atom. The predicted molar refractivity (Wildman–Crippen MR) is 105 cm³/mol. The van der Waals surface area contributed by atoms with Crippen molar-refractivity contribution in [3.8, 4) is 0 Å². The van der Waals surface area contributed by atoms with Crippen LogP contribution in [0.1, 0.15) is 44.3 Å². The standard InChI is InChI=1S/C20H28N2O3S/c23-19(15-26-18-5-1-2-6-18)21-14-16-9-11-22(12-10-16)20(24)8-7-17-4-3-13-25-17/h3-4,7-8,13,16,18H,1-2,5-6,9-12,14-15H2,(H,21,23). The minimum absolute atomic E-state index is 0.0249. The Morgan fingerprint density at radius 2 is 2.00 bits per heavy atom. The van der Waals surface area contributed by atoms with E-state index >= 15 is 0 Å². The molecule has 5 nitrogen and oxygen atoms in total. The van der Waals surface area contributed by atoms with Gasteiger partial charge in [0.15, 0.2) is 0 Å². The van der Waals surface area contributed by atoms with E-state index in [4.69, 9.17) is 4.42 Å². The lowest BCUT2D eigenvalue weighted by atomic mass is 9.96. The van der Waals surface area contributed by atoms with Crippen molar-refractivity contribution in [1.29, 1.82) is 0 Å². The van der Waals surface area contributed by atoms with Gasteiger partial charge in [-0.1, -0.05) is 12.8 Å². The van der Waals surface area contributed by atoms with Crippen LogP contribution in [0.3, 0.4) is 0 Å². The van der Waals surface area contributed by atoms with Crippen LogP contribution in [0.5, 0.6) is 0 Å². The highest BCUT2D eigenvalue weighted by Crippen LogP contribution is 2.29. The minimum Gasteiger partial charge on any atom is -0.465 e. The normalized spacial score (nSPS) is 19.3. The Hall–Kier alpha value is -1.69. The topological polar surface area (TPSA) is 62.6 Å². The maximum absolute atomic E-state index is 12.2. The molecule has 0 radical (unpaired) electrons. The molecule has 2 amide bonds. The molecule has 6 heteroatoms. The van der Waals surface area contributed by atoms with Crippen molar-refractivity contribution in [2.45, 2.75) is 43.8 Å². The molecule has 0 unspecified atom stereocenters. The Labute approximate surface area is 159 Å². The van der Waals surface area contributed by atoms with Crippen LogP contribution in [0.4, 0.5) is 0 Å². The van der Waals surface area contributed by atoms with E-state index in [1.807, 2.05) is 22.7 Å². The molecular formula is C20H28N2O3S. The average Bonchev–Trinajstić information content (AvgIpc) is 3.37. The number of piperidine rings is 1. The molecule has 1 N–H and O–H groups in total. The number of amides is 2. The van der Waals surface area contributed by atoms with Crippen LogP contribution in [-0.2, 0) is 9.59 Å². The van der Waals surface area contributed by atoms with Gasteiger partial charge >= 0.3 is 0 Å². The number of hydrogen-bond acceptors (Lipinski definition) is 4. The minimum atomic E-state index is 0.0249. The van der Waals surface area contributed by atoms with Crippen LogP contribution in [0.2, 0.25) is 0 Å². The van der Waals surface area contributed by atoms with Gasteiger partial charge in [-0.3, -0.25) is 9.59 Å². The first-order valence-electron chi connectivity index (χ1n) is 9.59. The number of carbonyl (C=O) groups excluding carboxylic acids is 2. The summed E-state index contributed by atoms with van der Waals surface area (Å²) in [6.07, 6.45) is 11.9. The molecule has 1 aliphatic carbocycles. The Morgan fingerprint density at radius 1 is 1.23 bits per heavy atom. The summed E-state index contributed by atoms with van der Waals surface area (Å²) in [5, 5.41) is 3.76. The van der Waals surface area contributed by atoms with E-state index in [0.29, 0.717) is 22.7 Å². The molecular weight excluding hydrogens is 348 g/mol. The molecule has 1 aromatic rings. The number of hydrogen-bond donors (Lipinski definition) is 1. The fourth-order valence-corrected chi connectivity index (χ4v) is 4.72. The zero-order valence-corrected chi connectivity index (χ0v) is 16.0. The van der Waals surface area contributed by atoms with Crippen molar-refractivity contribution < 1.29 is 14.0 Å². The summed E-state index contributed by atoms with van der Waals surface area (Å²) in [6, 6.07) is 3.62. The van der Waals surface area contributed by atoms with E-state index in [2.05, 4.69) is 5.32 Å². The van der Waals surface area contributed by atoms with Gasteiger partial charge in [0.1, 0.15) is 5.76 Å². The summed E-state index contributed by atoms with van der Waals surface area (Å²) in [5.41, 5.74) is 0. The summed E-state index contributed by atoms with van der Waals surface area (Å²) in [4.78, 5) is 26.1. The zero-order chi connectivity index (χ0) is 18.2. The van der Waals surface area contributed by atoms with Crippen molar-refractivity contribution in [3.63, 3.8) is 0 Å². The van der Waals surface area contributed by atoms with Gasteiger partial charge in [0.05, 0.1) is 12.0 Å². The van der Waals surface area contributed by atoms with E-state index in [1.165, 1.54) is 25.7 Å². The maximum Gasteiger partial charge on any atom is 0.246 e. The first-order chi connectivity index (χ1) is 12.7. The molecule has 1 aliphatic heterocycles. The van der Waals surface area contributed by atoms with E-state index in [1.54, 1.807) is 24.5 Å². The van der Waals surface area contributed by atoms with Gasteiger partial charge < -0.3 is 14.6 Å². The van der Waals surface area contributed by atoms with Crippen molar-refractivity contribution >= 4 is 29.7 Å². The molecule has 1 saturated heterocycles. The molecule has 2 aliphatic rings. The molecule has 0 spiro atoms. The predicted octanol–water partition coefficient (Wildman–Crippen LogP) is 3.32. The smallest absolute Gasteiger partial charge is 0.246 e. The van der Waals surface area contributed by atoms with Crippen LogP contribution in [0.25, 0.3) is 6.08 Å². The number of nitrogens with one attached hydrogen (secondary N) is 1. The lowest BCUT2D eigenvalue weighted by Crippen LogP contribution is -2.41. The van der Waals surface area contributed by atoms with Crippen LogP contribution >= 0.6 is 11.8 Å². The van der Waals surface area contributed by atoms with E-state index in [0.717, 1.165) is 32.5 Å². The highest BCUT2D eigenvalue weighted by atomic mass is 32.2. The second kappa shape index (κ2) is 9.86. The Bertz CT molecular complexity index is 601. The summed E-state index contributed by atoms with van der Waals surface area (Å²) >= 11 is 1.81. The summed E-state index contributed by atoms with van der Waals surface area (Å²) < 4.78 is 5.20. The highest BCUT2D eigenvalue weighted by molar-refractivity contribution is 8.00. The van der Waals surface area contributed by atoms with Gasteiger partial charge in [0, 0.05) is 31.0 Å². The highest BCUT2D eigenvalue weighted by Gasteiger charge is 2.22. The molecule has 3 rings (SSSR count). The summed E-state index contributed by atoms with van der Waals surface area (Å²) in [6.45, 7) is 2.23. The molecule has 1 aromatic heterocycles. The first-order valence-corrected chi connectivity index (χ1v) is 10.6. The fourth-order valence-electron chi connectivity index (χ4n) is 3.56. The largest absolute Gasteiger partial charge is 0.465 e. The average molecular weight is 377 g/mol. The number of nitrogens with zero attached hydrogens (tertiary/aromatic N) is 1. The number of carbonyl (C=O) groups is 2. The molecule has 0 atom stereocenters. The monoisotopic (exact) mass is 376 g/mol. The number of furan rings is 1. The van der Waals surface area contributed by atoms with Gasteiger partial charge in [-0.05, 0) is 49.8 Å². The second-order valence-corrected chi connectivity index (χ2v) is 8.43. The van der Waals surface area contributed by atoms with Crippen LogP contribution < -0.4 is 5.32 Å². The van der Waals surface area contributed by atoms with Gasteiger partial charge in [-0.15, -0.1) is 11.8 Å². The van der Waals surface area contributed by atoms with Gasteiger partial charge in [-0.25, -0.2) is 0 Å². The lowest BCUT2D eigenvalue weighted by molar-refractivity contribution is -0.127.